The minimum atomic E-state index is 0. The van der Waals surface area contributed by atoms with Crippen LogP contribution in [0, 0.1) is 0 Å². The molecule has 2 nitrogen and oxygen atoms in total. The second-order valence-electron chi connectivity index (χ2n) is 4.75. The van der Waals surface area contributed by atoms with E-state index < -0.39 is 0 Å². The molecule has 0 aromatic heterocycles. The highest BCUT2D eigenvalue weighted by atomic mass is 35.5. The normalized spacial score (nSPS) is 11.5. The van der Waals surface area contributed by atoms with E-state index in [1.807, 2.05) is 0 Å². The Labute approximate surface area is 88.7 Å². The fourth-order valence-electron chi connectivity index (χ4n) is 0.375. The summed E-state index contributed by atoms with van der Waals surface area (Å²) in [5.41, 5.74) is 6.72. The monoisotopic (exact) mass is 216 g/mol. The zero-order valence-corrected chi connectivity index (χ0v) is 10.4. The van der Waals surface area contributed by atoms with Crippen LogP contribution in [0.2, 0.25) is 0 Å². The second-order valence-corrected chi connectivity index (χ2v) is 4.75. The van der Waals surface area contributed by atoms with Gasteiger partial charge < -0.3 is 0 Å². The van der Waals surface area contributed by atoms with Crippen molar-refractivity contribution < 1.29 is 0 Å². The standard InChI is InChI=1S/C8H20N2.2ClH/c1-7(2,3)9-10-8(4,5)6;;/h9-10H,1-6H3;2*1H. The molecular formula is C8H22Cl2N2. The third-order valence-corrected chi connectivity index (χ3v) is 0.812. The zero-order valence-electron chi connectivity index (χ0n) is 8.82. The Morgan fingerprint density at radius 3 is 0.833 bits per heavy atom. The van der Waals surface area contributed by atoms with Gasteiger partial charge >= 0.3 is 0 Å². The largest absolute Gasteiger partial charge is 0.252 e. The summed E-state index contributed by atoms with van der Waals surface area (Å²) >= 11 is 0. The molecule has 0 aliphatic rings. The first kappa shape index (κ1) is 18.3. The van der Waals surface area contributed by atoms with Crippen LogP contribution >= 0.6 is 24.8 Å². The lowest BCUT2D eigenvalue weighted by atomic mass is 10.1. The average Bonchev–Trinajstić information content (AvgIpc) is 1.57. The fraction of sp³-hybridized carbons (Fsp3) is 1.00. The molecule has 0 atom stereocenters. The predicted octanol–water partition coefficient (Wildman–Crippen LogP) is 2.52. The molecule has 0 fully saturated rings. The third kappa shape index (κ3) is 16.8. The van der Waals surface area contributed by atoms with Gasteiger partial charge in [0.15, 0.2) is 0 Å². The average molecular weight is 217 g/mol. The lowest BCUT2D eigenvalue weighted by molar-refractivity contribution is 0.275. The maximum atomic E-state index is 3.21. The van der Waals surface area contributed by atoms with Crippen LogP contribution in [0.1, 0.15) is 41.5 Å². The SMILES string of the molecule is CC(C)(C)NNC(C)(C)C.Cl.Cl. The van der Waals surface area contributed by atoms with Crippen molar-refractivity contribution in [3.05, 3.63) is 0 Å². The summed E-state index contributed by atoms with van der Waals surface area (Å²) in [7, 11) is 0. The van der Waals surface area contributed by atoms with Gasteiger partial charge in [-0.25, -0.2) is 0 Å². The summed E-state index contributed by atoms with van der Waals surface area (Å²) in [6.45, 7) is 12.8. The first-order valence-corrected chi connectivity index (χ1v) is 3.75. The van der Waals surface area contributed by atoms with E-state index in [0.29, 0.717) is 0 Å². The number of rotatable bonds is 1. The number of halogens is 2. The van der Waals surface area contributed by atoms with Crippen molar-refractivity contribution in [3.63, 3.8) is 0 Å². The molecule has 0 heterocycles. The molecule has 0 saturated carbocycles. The molecule has 0 saturated heterocycles. The van der Waals surface area contributed by atoms with Crippen LogP contribution in [0.4, 0.5) is 0 Å². The van der Waals surface area contributed by atoms with Crippen LogP contribution in [0.3, 0.4) is 0 Å². The Kier molecular flexibility index (Phi) is 9.20. The van der Waals surface area contributed by atoms with Gasteiger partial charge in [0.1, 0.15) is 0 Å². The molecule has 0 aromatic rings. The smallest absolute Gasteiger partial charge is 0.0239 e. The molecular weight excluding hydrogens is 195 g/mol. The molecule has 78 valence electrons. The summed E-state index contributed by atoms with van der Waals surface area (Å²) in [6, 6.07) is 0. The molecule has 0 aliphatic carbocycles. The van der Waals surface area contributed by atoms with E-state index in [2.05, 4.69) is 52.4 Å². The van der Waals surface area contributed by atoms with E-state index in [4.69, 9.17) is 0 Å². The predicted molar refractivity (Wildman–Crippen MR) is 60.3 cm³/mol. The Bertz CT molecular complexity index is 88.6. The first-order valence-electron chi connectivity index (χ1n) is 3.75. The number of hydrogen-bond acceptors (Lipinski definition) is 2. The lowest BCUT2D eigenvalue weighted by Crippen LogP contribution is -2.53. The zero-order chi connectivity index (χ0) is 8.41. The summed E-state index contributed by atoms with van der Waals surface area (Å²) in [4.78, 5) is 0. The molecule has 0 spiro atoms. The van der Waals surface area contributed by atoms with Gasteiger partial charge in [-0.2, -0.15) is 0 Å². The molecule has 0 aliphatic heterocycles. The Morgan fingerprint density at radius 1 is 0.583 bits per heavy atom. The van der Waals surface area contributed by atoms with Crippen LogP contribution in [-0.4, -0.2) is 11.1 Å². The Hall–Kier alpha value is 0.500. The number of hydrogen-bond donors (Lipinski definition) is 2. The molecule has 0 rings (SSSR count). The summed E-state index contributed by atoms with van der Waals surface area (Å²) in [5.74, 6) is 0. The summed E-state index contributed by atoms with van der Waals surface area (Å²) < 4.78 is 0. The molecule has 12 heavy (non-hydrogen) atoms. The van der Waals surface area contributed by atoms with Crippen molar-refractivity contribution in [3.8, 4) is 0 Å². The van der Waals surface area contributed by atoms with Gasteiger partial charge in [-0.1, -0.05) is 0 Å². The minimum Gasteiger partial charge on any atom is -0.252 e. The quantitative estimate of drug-likeness (QED) is 0.659. The van der Waals surface area contributed by atoms with Gasteiger partial charge in [-0.3, -0.25) is 10.9 Å². The number of nitrogens with one attached hydrogen (secondary N) is 2. The third-order valence-electron chi connectivity index (χ3n) is 0.812. The lowest BCUT2D eigenvalue weighted by Gasteiger charge is -2.28. The molecule has 0 bridgehead atoms. The van der Waals surface area contributed by atoms with Crippen molar-refractivity contribution in [2.45, 2.75) is 52.6 Å². The molecule has 2 N–H and O–H groups in total. The second kappa shape index (κ2) is 6.03. The Morgan fingerprint density at radius 2 is 0.750 bits per heavy atom. The Balaban J connectivity index is -0.000000405. The molecule has 0 aromatic carbocycles. The molecule has 4 heteroatoms. The van der Waals surface area contributed by atoms with Crippen LogP contribution in [0.5, 0.6) is 0 Å². The van der Waals surface area contributed by atoms with Gasteiger partial charge in [0.25, 0.3) is 0 Å². The van der Waals surface area contributed by atoms with Crippen LogP contribution in [0.25, 0.3) is 0 Å². The summed E-state index contributed by atoms with van der Waals surface area (Å²) in [5, 5.41) is 0. The molecule has 0 unspecified atom stereocenters. The van der Waals surface area contributed by atoms with Crippen molar-refractivity contribution in [2.75, 3.05) is 0 Å². The van der Waals surface area contributed by atoms with Gasteiger partial charge in [0, 0.05) is 11.1 Å². The maximum absolute atomic E-state index is 3.21. The van der Waals surface area contributed by atoms with Crippen LogP contribution < -0.4 is 10.9 Å². The maximum Gasteiger partial charge on any atom is 0.0239 e. The van der Waals surface area contributed by atoms with E-state index in [9.17, 15) is 0 Å². The van der Waals surface area contributed by atoms with Crippen molar-refractivity contribution in [2.24, 2.45) is 0 Å². The van der Waals surface area contributed by atoms with E-state index in [0.717, 1.165) is 0 Å². The van der Waals surface area contributed by atoms with Crippen molar-refractivity contribution >= 4 is 24.8 Å². The highest BCUT2D eigenvalue weighted by Crippen LogP contribution is 2.00. The molecule has 0 amide bonds. The van der Waals surface area contributed by atoms with Crippen molar-refractivity contribution in [1.82, 2.24) is 10.9 Å². The van der Waals surface area contributed by atoms with E-state index in [1.165, 1.54) is 0 Å². The van der Waals surface area contributed by atoms with E-state index in [-0.39, 0.29) is 35.9 Å². The van der Waals surface area contributed by atoms with Crippen LogP contribution in [-0.2, 0) is 0 Å². The van der Waals surface area contributed by atoms with Crippen molar-refractivity contribution in [1.29, 1.82) is 0 Å². The number of hydrazine groups is 1. The summed E-state index contributed by atoms with van der Waals surface area (Å²) in [6.07, 6.45) is 0. The van der Waals surface area contributed by atoms with Crippen LogP contribution in [0.15, 0.2) is 0 Å². The van der Waals surface area contributed by atoms with Gasteiger partial charge in [-0.05, 0) is 41.5 Å². The minimum absolute atomic E-state index is 0. The van der Waals surface area contributed by atoms with E-state index in [1.54, 1.807) is 0 Å². The highest BCUT2D eigenvalue weighted by Gasteiger charge is 2.13. The van der Waals surface area contributed by atoms with E-state index >= 15 is 0 Å². The van der Waals surface area contributed by atoms with Gasteiger partial charge in [-0.15, -0.1) is 24.8 Å². The first-order chi connectivity index (χ1) is 4.21. The molecule has 0 radical (unpaired) electrons. The van der Waals surface area contributed by atoms with Gasteiger partial charge in [0.05, 0.1) is 0 Å². The fourth-order valence-corrected chi connectivity index (χ4v) is 0.375. The highest BCUT2D eigenvalue weighted by molar-refractivity contribution is 5.85. The van der Waals surface area contributed by atoms with Gasteiger partial charge in [0.2, 0.25) is 0 Å². The topological polar surface area (TPSA) is 24.1 Å².